The number of ether oxygens (including phenoxy) is 1. The van der Waals surface area contributed by atoms with Crippen LogP contribution in [0.1, 0.15) is 33.1 Å². The Morgan fingerprint density at radius 3 is 3.08 bits per heavy atom. The number of anilines is 1. The Labute approximate surface area is 158 Å². The van der Waals surface area contributed by atoms with E-state index < -0.39 is 0 Å². The van der Waals surface area contributed by atoms with Crippen molar-refractivity contribution in [2.45, 2.75) is 38.7 Å². The van der Waals surface area contributed by atoms with Gasteiger partial charge in [0.1, 0.15) is 5.52 Å². The highest BCUT2D eigenvalue weighted by molar-refractivity contribution is 6.31. The molecule has 26 heavy (non-hydrogen) atoms. The molecule has 1 fully saturated rings. The number of oxazole rings is 1. The second-order valence-electron chi connectivity index (χ2n) is 7.51. The molecule has 7 heteroatoms. The quantitative estimate of drug-likeness (QED) is 0.830. The topological polar surface area (TPSA) is 67.6 Å². The minimum atomic E-state index is -0.353. The van der Waals surface area contributed by atoms with Crippen LogP contribution in [0.2, 0.25) is 5.02 Å². The van der Waals surface area contributed by atoms with E-state index >= 15 is 0 Å². The first-order valence-electron chi connectivity index (χ1n) is 8.99. The maximum absolute atomic E-state index is 12.3. The van der Waals surface area contributed by atoms with Crippen LogP contribution in [0.25, 0.3) is 11.1 Å². The van der Waals surface area contributed by atoms with Gasteiger partial charge in [-0.1, -0.05) is 11.6 Å². The zero-order chi connectivity index (χ0) is 18.7. The second kappa shape index (κ2) is 7.84. The van der Waals surface area contributed by atoms with Crippen LogP contribution < -0.4 is 10.2 Å². The summed E-state index contributed by atoms with van der Waals surface area (Å²) < 4.78 is 11.2. The third-order valence-corrected chi connectivity index (χ3v) is 5.10. The zero-order valence-corrected chi connectivity index (χ0v) is 16.3. The fraction of sp³-hybridized carbons (Fsp3) is 0.579. The summed E-state index contributed by atoms with van der Waals surface area (Å²) in [6.07, 6.45) is 2.55. The molecule has 6 nitrogen and oxygen atoms in total. The molecule has 2 heterocycles. The van der Waals surface area contributed by atoms with Crippen LogP contribution >= 0.6 is 11.6 Å². The molecule has 1 aliphatic rings. The summed E-state index contributed by atoms with van der Waals surface area (Å²) in [5.41, 5.74) is 1.13. The van der Waals surface area contributed by atoms with Crippen LogP contribution in [-0.4, -0.2) is 43.2 Å². The lowest BCUT2D eigenvalue weighted by Gasteiger charge is -2.31. The Bertz CT molecular complexity index is 774. The van der Waals surface area contributed by atoms with Crippen molar-refractivity contribution in [3.63, 3.8) is 0 Å². The van der Waals surface area contributed by atoms with E-state index in [2.05, 4.69) is 15.2 Å². The van der Waals surface area contributed by atoms with Gasteiger partial charge in [0.05, 0.1) is 5.60 Å². The summed E-state index contributed by atoms with van der Waals surface area (Å²) in [5, 5.41) is 3.60. The van der Waals surface area contributed by atoms with Gasteiger partial charge < -0.3 is 19.4 Å². The Balaban J connectivity index is 1.59. The molecule has 0 bridgehead atoms. The van der Waals surface area contributed by atoms with Crippen molar-refractivity contribution in [3.8, 4) is 0 Å². The number of nitrogens with one attached hydrogen (secondary N) is 1. The van der Waals surface area contributed by atoms with Crippen molar-refractivity contribution in [1.29, 1.82) is 0 Å². The molecule has 0 saturated carbocycles. The zero-order valence-electron chi connectivity index (χ0n) is 15.5. The number of hydrogen-bond acceptors (Lipinski definition) is 5. The molecule has 2 aromatic rings. The van der Waals surface area contributed by atoms with E-state index in [0.717, 1.165) is 31.4 Å². The van der Waals surface area contributed by atoms with Gasteiger partial charge >= 0.3 is 0 Å². The van der Waals surface area contributed by atoms with E-state index in [9.17, 15) is 4.79 Å². The van der Waals surface area contributed by atoms with Crippen LogP contribution in [0.4, 0.5) is 6.01 Å². The molecule has 0 spiro atoms. The van der Waals surface area contributed by atoms with Crippen molar-refractivity contribution in [2.75, 3.05) is 31.6 Å². The minimum absolute atomic E-state index is 0.0614. The first-order chi connectivity index (χ1) is 12.4. The lowest BCUT2D eigenvalue weighted by Crippen LogP contribution is -2.42. The van der Waals surface area contributed by atoms with Gasteiger partial charge in [-0.15, -0.1) is 0 Å². The predicted molar refractivity (Wildman–Crippen MR) is 103 cm³/mol. The molecule has 3 rings (SSSR count). The number of carbonyl (C=O) groups is 1. The molecule has 1 aromatic carbocycles. The molecular formula is C19H26ClN3O3. The van der Waals surface area contributed by atoms with Crippen LogP contribution in [0.15, 0.2) is 22.6 Å². The Kier molecular flexibility index (Phi) is 5.73. The lowest BCUT2D eigenvalue weighted by atomic mass is 9.94. The molecule has 1 aromatic heterocycles. The molecule has 1 unspecified atom stereocenters. The summed E-state index contributed by atoms with van der Waals surface area (Å²) in [6.45, 7) is 6.06. The fourth-order valence-corrected chi connectivity index (χ4v) is 3.31. The maximum atomic E-state index is 12.3. The summed E-state index contributed by atoms with van der Waals surface area (Å²) in [5.74, 6) is 0.347. The number of amides is 1. The number of carbonyl (C=O) groups excluding carboxylic acids is 1. The molecular weight excluding hydrogens is 354 g/mol. The average molecular weight is 380 g/mol. The monoisotopic (exact) mass is 379 g/mol. The Morgan fingerprint density at radius 1 is 1.50 bits per heavy atom. The van der Waals surface area contributed by atoms with Gasteiger partial charge in [-0.05, 0) is 44.7 Å². The van der Waals surface area contributed by atoms with E-state index in [1.807, 2.05) is 19.9 Å². The number of methoxy groups -OCH3 is 1. The van der Waals surface area contributed by atoms with Crippen LogP contribution in [0.3, 0.4) is 0 Å². The standard InChI is InChI=1S/C19H26ClN3O3/c1-19(2,25-3)12-21-17(24)9-13-5-4-8-23(11-13)18-22-15-7-6-14(20)10-16(15)26-18/h6-7,10,13H,4-5,8-9,11-12H2,1-3H3,(H,21,24). The number of fused-ring (bicyclic) bond motifs is 1. The number of benzene rings is 1. The van der Waals surface area contributed by atoms with Crippen molar-refractivity contribution >= 4 is 34.6 Å². The minimum Gasteiger partial charge on any atom is -0.423 e. The van der Waals surface area contributed by atoms with Crippen LogP contribution in [0, 0.1) is 5.92 Å². The first kappa shape index (κ1) is 19.0. The second-order valence-corrected chi connectivity index (χ2v) is 7.94. The van der Waals surface area contributed by atoms with Crippen LogP contribution in [0.5, 0.6) is 0 Å². The summed E-state index contributed by atoms with van der Waals surface area (Å²) in [6, 6.07) is 6.05. The normalized spacial score (nSPS) is 18.3. The Morgan fingerprint density at radius 2 is 2.31 bits per heavy atom. The molecule has 1 aliphatic heterocycles. The largest absolute Gasteiger partial charge is 0.423 e. The van der Waals surface area contributed by atoms with Gasteiger partial charge in [-0.3, -0.25) is 4.79 Å². The summed E-state index contributed by atoms with van der Waals surface area (Å²) >= 11 is 6.01. The number of halogens is 1. The molecule has 0 aliphatic carbocycles. The number of aromatic nitrogens is 1. The van der Waals surface area contributed by atoms with Gasteiger partial charge in [0, 0.05) is 44.3 Å². The van der Waals surface area contributed by atoms with Crippen molar-refractivity contribution < 1.29 is 13.9 Å². The average Bonchev–Trinajstić information content (AvgIpc) is 3.03. The smallest absolute Gasteiger partial charge is 0.298 e. The molecule has 142 valence electrons. The molecule has 1 atom stereocenters. The number of rotatable bonds is 6. The SMILES string of the molecule is COC(C)(C)CNC(=O)CC1CCCN(c2nc3ccc(Cl)cc3o2)C1. The van der Waals surface area contributed by atoms with Crippen molar-refractivity contribution in [3.05, 3.63) is 23.2 Å². The third-order valence-electron chi connectivity index (χ3n) is 4.87. The fourth-order valence-electron chi connectivity index (χ4n) is 3.14. The van der Waals surface area contributed by atoms with Gasteiger partial charge in [-0.25, -0.2) is 0 Å². The van der Waals surface area contributed by atoms with E-state index in [1.165, 1.54) is 0 Å². The van der Waals surface area contributed by atoms with E-state index in [0.29, 0.717) is 29.6 Å². The van der Waals surface area contributed by atoms with Crippen LogP contribution in [-0.2, 0) is 9.53 Å². The predicted octanol–water partition coefficient (Wildman–Crippen LogP) is 3.63. The van der Waals surface area contributed by atoms with E-state index in [4.69, 9.17) is 20.8 Å². The molecule has 1 amide bonds. The maximum Gasteiger partial charge on any atom is 0.298 e. The number of piperidine rings is 1. The number of hydrogen-bond donors (Lipinski definition) is 1. The van der Waals surface area contributed by atoms with E-state index in [-0.39, 0.29) is 17.4 Å². The highest BCUT2D eigenvalue weighted by Gasteiger charge is 2.26. The van der Waals surface area contributed by atoms with Crippen molar-refractivity contribution in [2.24, 2.45) is 5.92 Å². The first-order valence-corrected chi connectivity index (χ1v) is 9.37. The summed E-state index contributed by atoms with van der Waals surface area (Å²) in [7, 11) is 1.65. The van der Waals surface area contributed by atoms with E-state index in [1.54, 1.807) is 19.2 Å². The highest BCUT2D eigenvalue weighted by atomic mass is 35.5. The molecule has 0 radical (unpaired) electrons. The van der Waals surface area contributed by atoms with Gasteiger partial charge in [0.25, 0.3) is 6.01 Å². The number of nitrogens with zero attached hydrogens (tertiary/aromatic N) is 2. The Hall–Kier alpha value is -1.79. The molecule has 1 saturated heterocycles. The van der Waals surface area contributed by atoms with Crippen molar-refractivity contribution in [1.82, 2.24) is 10.3 Å². The van der Waals surface area contributed by atoms with Gasteiger partial charge in [0.15, 0.2) is 5.58 Å². The summed E-state index contributed by atoms with van der Waals surface area (Å²) in [4.78, 5) is 18.9. The van der Waals surface area contributed by atoms with Gasteiger partial charge in [0.2, 0.25) is 5.91 Å². The van der Waals surface area contributed by atoms with Gasteiger partial charge in [-0.2, -0.15) is 4.98 Å². The molecule has 1 N–H and O–H groups in total. The third kappa shape index (κ3) is 4.68. The highest BCUT2D eigenvalue weighted by Crippen LogP contribution is 2.28. The lowest BCUT2D eigenvalue weighted by molar-refractivity contribution is -0.123.